The second-order valence-corrected chi connectivity index (χ2v) is 6.07. The van der Waals surface area contributed by atoms with Crippen molar-refractivity contribution in [1.82, 2.24) is 5.32 Å². The predicted octanol–water partition coefficient (Wildman–Crippen LogP) is 3.84. The molecule has 0 amide bonds. The molecule has 3 rings (SSSR count). The standard InChI is InChI=1S/C18H21ClN2O3/c1-3-8-24-15-7-4-11(9-16(15)23-2)17-20-14-6-5-12(19)10-13(14)18(22)21-17/h4-7,9-10,17-18,20-22H,3,8H2,1-2H3. The number of hydrogen-bond acceptors (Lipinski definition) is 5. The van der Waals surface area contributed by atoms with E-state index >= 15 is 0 Å². The van der Waals surface area contributed by atoms with Crippen LogP contribution in [0.15, 0.2) is 36.4 Å². The van der Waals surface area contributed by atoms with E-state index in [1.807, 2.05) is 24.3 Å². The Balaban J connectivity index is 1.86. The molecule has 5 nitrogen and oxygen atoms in total. The lowest BCUT2D eigenvalue weighted by Crippen LogP contribution is -2.36. The average Bonchev–Trinajstić information content (AvgIpc) is 2.60. The zero-order valence-electron chi connectivity index (χ0n) is 13.7. The first kappa shape index (κ1) is 16.9. The smallest absolute Gasteiger partial charge is 0.161 e. The molecule has 2 unspecified atom stereocenters. The molecule has 1 aliphatic rings. The molecule has 0 saturated carbocycles. The minimum absolute atomic E-state index is 0.247. The zero-order chi connectivity index (χ0) is 17.1. The number of halogens is 1. The highest BCUT2D eigenvalue weighted by molar-refractivity contribution is 6.30. The maximum absolute atomic E-state index is 10.3. The van der Waals surface area contributed by atoms with Gasteiger partial charge in [-0.2, -0.15) is 0 Å². The molecule has 1 aliphatic heterocycles. The molecule has 0 fully saturated rings. The molecule has 0 bridgehead atoms. The number of aliphatic hydroxyl groups excluding tert-OH is 1. The van der Waals surface area contributed by atoms with E-state index in [2.05, 4.69) is 17.6 Å². The normalized spacial score (nSPS) is 19.3. The lowest BCUT2D eigenvalue weighted by Gasteiger charge is -2.32. The summed E-state index contributed by atoms with van der Waals surface area (Å²) in [4.78, 5) is 0. The average molecular weight is 349 g/mol. The number of methoxy groups -OCH3 is 1. The highest BCUT2D eigenvalue weighted by atomic mass is 35.5. The van der Waals surface area contributed by atoms with Crippen LogP contribution in [0.4, 0.5) is 5.69 Å². The van der Waals surface area contributed by atoms with Gasteiger partial charge in [-0.3, -0.25) is 5.32 Å². The fourth-order valence-electron chi connectivity index (χ4n) is 2.71. The van der Waals surface area contributed by atoms with Gasteiger partial charge in [0.05, 0.1) is 13.7 Å². The monoisotopic (exact) mass is 348 g/mol. The topological polar surface area (TPSA) is 62.8 Å². The number of benzene rings is 2. The summed E-state index contributed by atoms with van der Waals surface area (Å²) in [6.45, 7) is 2.70. The zero-order valence-corrected chi connectivity index (χ0v) is 14.4. The van der Waals surface area contributed by atoms with E-state index in [-0.39, 0.29) is 6.17 Å². The van der Waals surface area contributed by atoms with Crippen LogP contribution in [-0.4, -0.2) is 18.8 Å². The molecule has 0 radical (unpaired) electrons. The van der Waals surface area contributed by atoms with Crippen molar-refractivity contribution in [3.8, 4) is 11.5 Å². The van der Waals surface area contributed by atoms with E-state index in [4.69, 9.17) is 21.1 Å². The molecule has 3 N–H and O–H groups in total. The van der Waals surface area contributed by atoms with E-state index in [0.717, 1.165) is 23.2 Å². The second kappa shape index (κ2) is 7.30. The van der Waals surface area contributed by atoms with Gasteiger partial charge in [0.25, 0.3) is 0 Å². The van der Waals surface area contributed by atoms with Crippen molar-refractivity contribution >= 4 is 17.3 Å². The molecular weight excluding hydrogens is 328 g/mol. The van der Waals surface area contributed by atoms with Crippen molar-refractivity contribution in [1.29, 1.82) is 0 Å². The van der Waals surface area contributed by atoms with Gasteiger partial charge in [0.1, 0.15) is 12.4 Å². The molecule has 2 aromatic carbocycles. The van der Waals surface area contributed by atoms with Crippen LogP contribution in [0.5, 0.6) is 11.5 Å². The summed E-state index contributed by atoms with van der Waals surface area (Å²) in [5.41, 5.74) is 2.52. The summed E-state index contributed by atoms with van der Waals surface area (Å²) in [6.07, 6.45) is -0.114. The molecule has 0 aromatic heterocycles. The third-order valence-corrected chi connectivity index (χ3v) is 4.15. The van der Waals surface area contributed by atoms with E-state index in [1.54, 1.807) is 19.2 Å². The molecule has 2 atom stereocenters. The van der Waals surface area contributed by atoms with Crippen molar-refractivity contribution in [3.63, 3.8) is 0 Å². The van der Waals surface area contributed by atoms with Gasteiger partial charge >= 0.3 is 0 Å². The predicted molar refractivity (Wildman–Crippen MR) is 94.7 cm³/mol. The number of aliphatic hydroxyl groups is 1. The Hall–Kier alpha value is -1.95. The van der Waals surface area contributed by atoms with Gasteiger partial charge < -0.3 is 19.9 Å². The van der Waals surface area contributed by atoms with Crippen LogP contribution in [0, 0.1) is 0 Å². The number of hydrogen-bond donors (Lipinski definition) is 3. The van der Waals surface area contributed by atoms with Crippen LogP contribution in [0.3, 0.4) is 0 Å². The van der Waals surface area contributed by atoms with Crippen LogP contribution in [0.1, 0.15) is 36.9 Å². The van der Waals surface area contributed by atoms with Gasteiger partial charge in [-0.05, 0) is 42.3 Å². The summed E-state index contributed by atoms with van der Waals surface area (Å²) in [6, 6.07) is 11.2. The minimum atomic E-state index is -0.799. The van der Waals surface area contributed by atoms with Gasteiger partial charge in [0.15, 0.2) is 11.5 Å². The molecule has 0 saturated heterocycles. The molecule has 1 heterocycles. The first-order valence-electron chi connectivity index (χ1n) is 7.93. The highest BCUT2D eigenvalue weighted by Gasteiger charge is 2.26. The number of nitrogens with one attached hydrogen (secondary N) is 2. The van der Waals surface area contributed by atoms with Gasteiger partial charge in [0, 0.05) is 16.3 Å². The van der Waals surface area contributed by atoms with Crippen molar-refractivity contribution < 1.29 is 14.6 Å². The van der Waals surface area contributed by atoms with E-state index in [0.29, 0.717) is 23.1 Å². The van der Waals surface area contributed by atoms with Crippen molar-refractivity contribution in [2.24, 2.45) is 0 Å². The Kier molecular flexibility index (Phi) is 5.14. The quantitative estimate of drug-likeness (QED) is 0.766. The SMILES string of the molecule is CCCOc1ccc(C2Nc3ccc(Cl)cc3C(O)N2)cc1OC. The first-order valence-corrected chi connectivity index (χ1v) is 8.31. The van der Waals surface area contributed by atoms with Crippen LogP contribution < -0.4 is 20.1 Å². The molecular formula is C18H21ClN2O3. The van der Waals surface area contributed by atoms with E-state index in [9.17, 15) is 5.11 Å². The Morgan fingerprint density at radius 1 is 1.17 bits per heavy atom. The summed E-state index contributed by atoms with van der Waals surface area (Å²) in [5, 5.41) is 17.4. The van der Waals surface area contributed by atoms with Crippen molar-refractivity contribution in [2.75, 3.05) is 19.0 Å². The number of rotatable bonds is 5. The Labute approximate surface area is 146 Å². The molecule has 0 spiro atoms. The Morgan fingerprint density at radius 2 is 2.00 bits per heavy atom. The fraction of sp³-hybridized carbons (Fsp3) is 0.333. The molecule has 6 heteroatoms. The third kappa shape index (κ3) is 3.43. The van der Waals surface area contributed by atoms with Crippen LogP contribution in [-0.2, 0) is 0 Å². The van der Waals surface area contributed by atoms with Gasteiger partial charge in [-0.15, -0.1) is 0 Å². The number of fused-ring (bicyclic) bond motifs is 1. The van der Waals surface area contributed by atoms with E-state index < -0.39 is 6.23 Å². The van der Waals surface area contributed by atoms with Gasteiger partial charge in [0.2, 0.25) is 0 Å². The first-order chi connectivity index (χ1) is 11.6. The largest absolute Gasteiger partial charge is 0.493 e. The maximum atomic E-state index is 10.3. The summed E-state index contributed by atoms with van der Waals surface area (Å²) < 4.78 is 11.1. The van der Waals surface area contributed by atoms with Gasteiger partial charge in [-0.1, -0.05) is 24.6 Å². The molecule has 0 aliphatic carbocycles. The fourth-order valence-corrected chi connectivity index (χ4v) is 2.89. The lowest BCUT2D eigenvalue weighted by molar-refractivity contribution is 0.122. The van der Waals surface area contributed by atoms with Gasteiger partial charge in [-0.25, -0.2) is 0 Å². The molecule has 24 heavy (non-hydrogen) atoms. The van der Waals surface area contributed by atoms with Crippen LogP contribution in [0.2, 0.25) is 5.02 Å². The molecule has 2 aromatic rings. The Bertz CT molecular complexity index is 723. The summed E-state index contributed by atoms with van der Waals surface area (Å²) >= 11 is 6.00. The number of anilines is 1. The van der Waals surface area contributed by atoms with E-state index in [1.165, 1.54) is 0 Å². The second-order valence-electron chi connectivity index (χ2n) is 5.64. The van der Waals surface area contributed by atoms with Crippen LogP contribution >= 0.6 is 11.6 Å². The summed E-state index contributed by atoms with van der Waals surface area (Å²) in [7, 11) is 1.62. The Morgan fingerprint density at radius 3 is 2.75 bits per heavy atom. The highest BCUT2D eigenvalue weighted by Crippen LogP contribution is 2.36. The number of ether oxygens (including phenoxy) is 2. The maximum Gasteiger partial charge on any atom is 0.161 e. The third-order valence-electron chi connectivity index (χ3n) is 3.92. The van der Waals surface area contributed by atoms with Crippen molar-refractivity contribution in [3.05, 3.63) is 52.5 Å². The van der Waals surface area contributed by atoms with Crippen molar-refractivity contribution in [2.45, 2.75) is 25.7 Å². The lowest BCUT2D eigenvalue weighted by atomic mass is 10.0. The van der Waals surface area contributed by atoms with Crippen LogP contribution in [0.25, 0.3) is 0 Å². The minimum Gasteiger partial charge on any atom is -0.493 e. The molecule has 128 valence electrons. The summed E-state index contributed by atoms with van der Waals surface area (Å²) in [5.74, 6) is 1.38.